The van der Waals surface area contributed by atoms with Crippen molar-refractivity contribution in [3.05, 3.63) is 77.5 Å². The molecule has 1 aliphatic carbocycles. The van der Waals surface area contributed by atoms with Crippen molar-refractivity contribution in [3.63, 3.8) is 0 Å². The van der Waals surface area contributed by atoms with Crippen molar-refractivity contribution < 1.29 is 23.0 Å². The smallest absolute Gasteiger partial charge is 0.387 e. The van der Waals surface area contributed by atoms with E-state index in [9.17, 15) is 13.9 Å². The second kappa shape index (κ2) is 8.83. The minimum atomic E-state index is -2.94. The van der Waals surface area contributed by atoms with Crippen molar-refractivity contribution in [3.8, 4) is 16.9 Å². The second-order valence-corrected chi connectivity index (χ2v) is 9.97. The van der Waals surface area contributed by atoms with E-state index in [1.165, 1.54) is 24.5 Å². The minimum Gasteiger partial charge on any atom is -0.435 e. The number of rotatable bonds is 6. The van der Waals surface area contributed by atoms with Crippen LogP contribution >= 0.6 is 11.8 Å². The number of thioether (sulfide) groups is 1. The molecule has 0 bridgehead atoms. The number of hydrogen-bond donors (Lipinski definition) is 1. The van der Waals surface area contributed by atoms with E-state index in [-0.39, 0.29) is 28.3 Å². The summed E-state index contributed by atoms with van der Waals surface area (Å²) in [5.74, 6) is -0.406. The molecule has 2 atom stereocenters. The molecule has 3 aromatic heterocycles. The monoisotopic (exact) mass is 500 g/mol. The van der Waals surface area contributed by atoms with Gasteiger partial charge in [-0.2, -0.15) is 20.5 Å². The van der Waals surface area contributed by atoms with Gasteiger partial charge in [0.05, 0.1) is 11.4 Å². The third kappa shape index (κ3) is 4.25. The van der Waals surface area contributed by atoms with E-state index in [0.29, 0.717) is 23.2 Å². The van der Waals surface area contributed by atoms with E-state index < -0.39 is 18.0 Å². The molecule has 0 radical (unpaired) electrons. The Morgan fingerprint density at radius 1 is 1.20 bits per heavy atom. The third-order valence-electron chi connectivity index (χ3n) is 6.16. The van der Waals surface area contributed by atoms with Crippen molar-refractivity contribution in [1.82, 2.24) is 19.4 Å². The Labute approximate surface area is 204 Å². The van der Waals surface area contributed by atoms with Crippen LogP contribution in [0.1, 0.15) is 54.2 Å². The first-order chi connectivity index (χ1) is 16.7. The fraction of sp³-hybridized carbons (Fsp3) is 0.320. The molecule has 1 aromatic carbocycles. The molecule has 0 saturated heterocycles. The van der Waals surface area contributed by atoms with Gasteiger partial charge in [0.25, 0.3) is 0 Å². The van der Waals surface area contributed by atoms with Gasteiger partial charge in [-0.15, -0.1) is 0 Å². The van der Waals surface area contributed by atoms with Crippen molar-refractivity contribution >= 4 is 17.4 Å². The average molecular weight is 501 g/mol. The number of aromatic nitrogens is 4. The van der Waals surface area contributed by atoms with Crippen LogP contribution in [0, 0.1) is 5.82 Å². The van der Waals surface area contributed by atoms with Crippen molar-refractivity contribution in [1.29, 1.82) is 0 Å². The van der Waals surface area contributed by atoms with E-state index in [2.05, 4.69) is 9.97 Å². The number of nitrogens with zero attached hydrogens (tertiary/aromatic N) is 4. The Balaban J connectivity index is 1.65. The van der Waals surface area contributed by atoms with Crippen LogP contribution in [0.15, 0.2) is 48.9 Å². The molecule has 2 unspecified atom stereocenters. The first-order valence-corrected chi connectivity index (χ1v) is 12.3. The van der Waals surface area contributed by atoms with Crippen LogP contribution in [0.2, 0.25) is 0 Å². The van der Waals surface area contributed by atoms with Crippen LogP contribution in [0.5, 0.6) is 5.75 Å². The molecular formula is C25H23F3N4O2S. The zero-order valence-corrected chi connectivity index (χ0v) is 20.1. The first-order valence-electron chi connectivity index (χ1n) is 11.0. The molecule has 0 fully saturated rings. The van der Waals surface area contributed by atoms with Gasteiger partial charge in [-0.3, -0.25) is 0 Å². The summed E-state index contributed by atoms with van der Waals surface area (Å²) in [6, 6.07) is 8.11. The largest absolute Gasteiger partial charge is 0.435 e. The first kappa shape index (κ1) is 23.6. The predicted molar refractivity (Wildman–Crippen MR) is 127 cm³/mol. The summed E-state index contributed by atoms with van der Waals surface area (Å²) in [6.07, 6.45) is 7.20. The van der Waals surface area contributed by atoms with Crippen LogP contribution in [0.4, 0.5) is 13.2 Å². The number of aliphatic hydroxyl groups is 1. The lowest BCUT2D eigenvalue weighted by Gasteiger charge is -2.18. The molecule has 3 heterocycles. The van der Waals surface area contributed by atoms with Crippen LogP contribution in [0.3, 0.4) is 0 Å². The van der Waals surface area contributed by atoms with Crippen LogP contribution < -0.4 is 4.74 Å². The summed E-state index contributed by atoms with van der Waals surface area (Å²) >= 11 is 1.61. The molecule has 1 aliphatic rings. The highest BCUT2D eigenvalue weighted by molar-refractivity contribution is 7.98. The van der Waals surface area contributed by atoms with Gasteiger partial charge in [-0.05, 0) is 32.6 Å². The molecule has 4 aromatic rings. The number of benzene rings is 1. The van der Waals surface area contributed by atoms with Gasteiger partial charge in [0.1, 0.15) is 22.8 Å². The molecule has 10 heteroatoms. The Kier molecular flexibility index (Phi) is 5.96. The summed E-state index contributed by atoms with van der Waals surface area (Å²) in [5.41, 5.74) is 2.18. The molecule has 5 rings (SSSR count). The number of pyridine rings is 1. The Hall–Kier alpha value is -3.11. The third-order valence-corrected chi connectivity index (χ3v) is 7.15. The SMILES string of the molecule is CSC1CC(c2ccccc2OC(F)F)c2c1nc1cc(F)c(-c3cnc(C(C)(C)O)nc3)cn21. The molecule has 182 valence electrons. The maximum Gasteiger partial charge on any atom is 0.387 e. The van der Waals surface area contributed by atoms with Gasteiger partial charge in [-0.25, -0.2) is 19.3 Å². The van der Waals surface area contributed by atoms with E-state index in [1.54, 1.807) is 50.0 Å². The normalized spacial score (nSPS) is 17.8. The van der Waals surface area contributed by atoms with E-state index >= 15 is 4.39 Å². The highest BCUT2D eigenvalue weighted by Gasteiger charge is 2.38. The topological polar surface area (TPSA) is 72.5 Å². The van der Waals surface area contributed by atoms with Crippen LogP contribution in [0.25, 0.3) is 16.8 Å². The maximum atomic E-state index is 15.1. The van der Waals surface area contributed by atoms with Gasteiger partial charge in [0, 0.05) is 52.5 Å². The number of imidazole rings is 1. The Morgan fingerprint density at radius 2 is 1.91 bits per heavy atom. The predicted octanol–water partition coefficient (Wildman–Crippen LogP) is 5.70. The Bertz CT molecular complexity index is 1390. The lowest BCUT2D eigenvalue weighted by Crippen LogP contribution is -2.19. The van der Waals surface area contributed by atoms with Crippen molar-refractivity contribution in [2.75, 3.05) is 6.26 Å². The molecular weight excluding hydrogens is 477 g/mol. The van der Waals surface area contributed by atoms with E-state index in [4.69, 9.17) is 9.72 Å². The van der Waals surface area contributed by atoms with Crippen LogP contribution in [-0.4, -0.2) is 37.3 Å². The molecule has 6 nitrogen and oxygen atoms in total. The molecule has 1 N–H and O–H groups in total. The molecule has 0 spiro atoms. The Morgan fingerprint density at radius 3 is 2.57 bits per heavy atom. The highest BCUT2D eigenvalue weighted by Crippen LogP contribution is 2.51. The molecule has 0 amide bonds. The van der Waals surface area contributed by atoms with Crippen molar-refractivity contribution in [2.45, 2.75) is 43.6 Å². The number of ether oxygens (including phenoxy) is 1. The fourth-order valence-corrected chi connectivity index (χ4v) is 5.35. The van der Waals surface area contributed by atoms with E-state index in [0.717, 1.165) is 11.4 Å². The van der Waals surface area contributed by atoms with Crippen LogP contribution in [-0.2, 0) is 5.60 Å². The van der Waals surface area contributed by atoms with Gasteiger partial charge >= 0.3 is 6.61 Å². The number of halogens is 3. The molecule has 35 heavy (non-hydrogen) atoms. The summed E-state index contributed by atoms with van der Waals surface area (Å²) in [4.78, 5) is 13.1. The number of alkyl halides is 2. The molecule has 0 saturated carbocycles. The minimum absolute atomic E-state index is 0.0235. The van der Waals surface area contributed by atoms with Crippen molar-refractivity contribution in [2.24, 2.45) is 0 Å². The van der Waals surface area contributed by atoms with Gasteiger partial charge < -0.3 is 14.2 Å². The summed E-state index contributed by atoms with van der Waals surface area (Å²) < 4.78 is 48.0. The van der Waals surface area contributed by atoms with Gasteiger partial charge in [0.2, 0.25) is 0 Å². The lowest BCUT2D eigenvalue weighted by molar-refractivity contribution is -0.0505. The zero-order chi connectivity index (χ0) is 24.9. The highest BCUT2D eigenvalue weighted by atomic mass is 32.2. The van der Waals surface area contributed by atoms with Gasteiger partial charge in [0.15, 0.2) is 5.82 Å². The van der Waals surface area contributed by atoms with Gasteiger partial charge in [-0.1, -0.05) is 18.2 Å². The standard InChI is InChI=1S/C25H23F3N4O2S/c1-25(2,33)23-29-10-13(11-30-23)16-12-32-20(9-17(16)26)31-21-19(35-3)8-15(22(21)32)14-6-4-5-7-18(14)34-24(27)28/h4-7,9-12,15,19,24,33H,8H2,1-3H3. The summed E-state index contributed by atoms with van der Waals surface area (Å²) in [6.45, 7) is 0.200. The number of fused-ring (bicyclic) bond motifs is 3. The van der Waals surface area contributed by atoms with E-state index in [1.807, 2.05) is 10.7 Å². The summed E-state index contributed by atoms with van der Waals surface area (Å²) in [5, 5.41) is 10.1. The lowest BCUT2D eigenvalue weighted by atomic mass is 9.95. The fourth-order valence-electron chi connectivity index (χ4n) is 4.57. The molecule has 0 aliphatic heterocycles. The quantitative estimate of drug-likeness (QED) is 0.366. The maximum absolute atomic E-state index is 15.1. The number of hydrogen-bond acceptors (Lipinski definition) is 6. The number of para-hydroxylation sites is 1. The average Bonchev–Trinajstić information content (AvgIpc) is 3.34. The second-order valence-electron chi connectivity index (χ2n) is 8.93. The summed E-state index contributed by atoms with van der Waals surface area (Å²) in [7, 11) is 0. The zero-order valence-electron chi connectivity index (χ0n) is 19.2.